The van der Waals surface area contributed by atoms with E-state index in [-0.39, 0.29) is 28.7 Å². The summed E-state index contributed by atoms with van der Waals surface area (Å²) in [5.41, 5.74) is 8.69. The smallest absolute Gasteiger partial charge is 0.270 e. The second-order valence-electron chi connectivity index (χ2n) is 8.52. The molecule has 2 aromatic heterocycles. The molecule has 0 atom stereocenters. The van der Waals surface area contributed by atoms with Gasteiger partial charge in [-0.2, -0.15) is 5.26 Å². The average molecular weight is 472 g/mol. The van der Waals surface area contributed by atoms with Crippen LogP contribution in [0.5, 0.6) is 5.88 Å². The zero-order chi connectivity index (χ0) is 24.6. The molecule has 3 N–H and O–H groups in total. The number of carbonyl (C=O) groups excluding carboxylic acids is 1. The van der Waals surface area contributed by atoms with Crippen LogP contribution in [0.25, 0.3) is 11.4 Å². The minimum Gasteiger partial charge on any atom is -0.477 e. The van der Waals surface area contributed by atoms with Gasteiger partial charge in [0.05, 0.1) is 12.3 Å². The fourth-order valence-electron chi connectivity index (χ4n) is 4.15. The van der Waals surface area contributed by atoms with Crippen molar-refractivity contribution >= 4 is 11.6 Å². The SMILES string of the molecule is CCOc1nc(C(=O)NCC2CCN(Cc3ccc(-c4ncccn4)cc3)CC2)cc(N)c1C#N. The highest BCUT2D eigenvalue weighted by atomic mass is 16.5. The van der Waals surface area contributed by atoms with Crippen molar-refractivity contribution in [2.75, 3.05) is 32.0 Å². The molecule has 1 saturated heterocycles. The summed E-state index contributed by atoms with van der Waals surface area (Å²) in [5, 5.41) is 12.2. The van der Waals surface area contributed by atoms with Gasteiger partial charge in [-0.1, -0.05) is 24.3 Å². The lowest BCUT2D eigenvalue weighted by Crippen LogP contribution is -2.38. The number of nitrogens with one attached hydrogen (secondary N) is 1. The summed E-state index contributed by atoms with van der Waals surface area (Å²) in [7, 11) is 0. The number of nitriles is 1. The molecule has 0 unspecified atom stereocenters. The van der Waals surface area contributed by atoms with Gasteiger partial charge < -0.3 is 15.8 Å². The van der Waals surface area contributed by atoms with E-state index in [1.165, 1.54) is 11.6 Å². The van der Waals surface area contributed by atoms with Crippen LogP contribution in [0, 0.1) is 17.2 Å². The van der Waals surface area contributed by atoms with E-state index in [1.807, 2.05) is 12.1 Å². The maximum absolute atomic E-state index is 12.6. The van der Waals surface area contributed by atoms with Crippen LogP contribution < -0.4 is 15.8 Å². The standard InChI is InChI=1S/C26H29N7O2/c1-2-35-26-21(15-27)22(28)14-23(32-26)25(34)31-16-18-8-12-33(13-9-18)17-19-4-6-20(7-5-19)24-29-10-3-11-30-24/h3-7,10-11,14,18H,2,8-9,12-13,16-17H2,1H3,(H2,28,32)(H,31,34). The van der Waals surface area contributed by atoms with Crippen molar-refractivity contribution < 1.29 is 9.53 Å². The van der Waals surface area contributed by atoms with E-state index in [0.29, 0.717) is 19.1 Å². The number of amides is 1. The number of nitrogens with zero attached hydrogens (tertiary/aromatic N) is 5. The first-order valence-electron chi connectivity index (χ1n) is 11.8. The topological polar surface area (TPSA) is 130 Å². The van der Waals surface area contributed by atoms with E-state index in [2.05, 4.69) is 49.4 Å². The molecule has 1 fully saturated rings. The maximum Gasteiger partial charge on any atom is 0.270 e. The first-order chi connectivity index (χ1) is 17.1. The van der Waals surface area contributed by atoms with Crippen molar-refractivity contribution in [2.45, 2.75) is 26.3 Å². The Kier molecular flexibility index (Phi) is 7.85. The van der Waals surface area contributed by atoms with Crippen LogP contribution in [0.1, 0.15) is 41.4 Å². The molecule has 180 valence electrons. The van der Waals surface area contributed by atoms with E-state index in [9.17, 15) is 10.1 Å². The van der Waals surface area contributed by atoms with Crippen LogP contribution >= 0.6 is 0 Å². The highest BCUT2D eigenvalue weighted by Gasteiger charge is 2.21. The number of hydrogen-bond donors (Lipinski definition) is 2. The second kappa shape index (κ2) is 11.4. The summed E-state index contributed by atoms with van der Waals surface area (Å²) >= 11 is 0. The molecule has 3 heterocycles. The Morgan fingerprint density at radius 2 is 1.94 bits per heavy atom. The molecular formula is C26H29N7O2. The number of aromatic nitrogens is 3. The van der Waals surface area contributed by atoms with Crippen LogP contribution in [0.3, 0.4) is 0 Å². The Hall–Kier alpha value is -4.03. The Labute approximate surface area is 205 Å². The normalized spacial score (nSPS) is 14.3. The van der Waals surface area contributed by atoms with E-state index in [1.54, 1.807) is 19.3 Å². The molecule has 0 bridgehead atoms. The molecule has 0 aliphatic carbocycles. The Morgan fingerprint density at radius 1 is 1.23 bits per heavy atom. The van der Waals surface area contributed by atoms with Crippen LogP contribution in [0.2, 0.25) is 0 Å². The summed E-state index contributed by atoms with van der Waals surface area (Å²) in [6.45, 7) is 5.53. The minimum atomic E-state index is -0.313. The number of nitrogen functional groups attached to an aromatic ring is 1. The second-order valence-corrected chi connectivity index (χ2v) is 8.52. The molecule has 0 saturated carbocycles. The molecule has 9 nitrogen and oxygen atoms in total. The monoisotopic (exact) mass is 471 g/mol. The van der Waals surface area contributed by atoms with Gasteiger partial charge in [0, 0.05) is 31.0 Å². The number of piperidine rings is 1. The van der Waals surface area contributed by atoms with E-state index >= 15 is 0 Å². The molecule has 3 aromatic rings. The third-order valence-electron chi connectivity index (χ3n) is 6.08. The zero-order valence-electron chi connectivity index (χ0n) is 19.8. The zero-order valence-corrected chi connectivity index (χ0v) is 19.8. The molecule has 1 aliphatic rings. The van der Waals surface area contributed by atoms with Crippen molar-refractivity contribution in [1.82, 2.24) is 25.2 Å². The van der Waals surface area contributed by atoms with Crippen molar-refractivity contribution in [3.63, 3.8) is 0 Å². The molecule has 35 heavy (non-hydrogen) atoms. The molecule has 4 rings (SSSR count). The van der Waals surface area contributed by atoms with Crippen LogP contribution in [0.15, 0.2) is 48.8 Å². The number of nitrogens with two attached hydrogens (primary N) is 1. The van der Waals surface area contributed by atoms with Crippen LogP contribution in [-0.2, 0) is 6.54 Å². The predicted octanol–water partition coefficient (Wildman–Crippen LogP) is 3.03. The summed E-state index contributed by atoms with van der Waals surface area (Å²) in [5.74, 6) is 0.912. The summed E-state index contributed by atoms with van der Waals surface area (Å²) in [6, 6.07) is 13.6. The molecule has 9 heteroatoms. The fraction of sp³-hybridized carbons (Fsp3) is 0.346. The molecule has 1 amide bonds. The van der Waals surface area contributed by atoms with Crippen molar-refractivity contribution in [3.8, 4) is 23.3 Å². The van der Waals surface area contributed by atoms with E-state index in [0.717, 1.165) is 43.9 Å². The summed E-state index contributed by atoms with van der Waals surface area (Å²) in [4.78, 5) is 27.9. The molecule has 1 aromatic carbocycles. The third kappa shape index (κ3) is 6.11. The van der Waals surface area contributed by atoms with Crippen LogP contribution in [-0.4, -0.2) is 52.0 Å². The van der Waals surface area contributed by atoms with Gasteiger partial charge in [0.2, 0.25) is 5.88 Å². The van der Waals surface area contributed by atoms with Gasteiger partial charge in [-0.15, -0.1) is 0 Å². The third-order valence-corrected chi connectivity index (χ3v) is 6.08. The van der Waals surface area contributed by atoms with E-state index < -0.39 is 0 Å². The van der Waals surface area contributed by atoms with Crippen molar-refractivity contribution in [3.05, 3.63) is 65.6 Å². The average Bonchev–Trinajstić information content (AvgIpc) is 2.89. The number of pyridine rings is 1. The van der Waals surface area contributed by atoms with Gasteiger partial charge in [-0.05, 0) is 56.5 Å². The number of benzene rings is 1. The Balaban J connectivity index is 1.25. The maximum atomic E-state index is 12.6. The highest BCUT2D eigenvalue weighted by molar-refractivity contribution is 5.93. The molecule has 0 radical (unpaired) electrons. The van der Waals surface area contributed by atoms with Gasteiger partial charge in [-0.25, -0.2) is 15.0 Å². The largest absolute Gasteiger partial charge is 0.477 e. The highest BCUT2D eigenvalue weighted by Crippen LogP contribution is 2.23. The quantitative estimate of drug-likeness (QED) is 0.513. The minimum absolute atomic E-state index is 0.0952. The van der Waals surface area contributed by atoms with Crippen molar-refractivity contribution in [2.24, 2.45) is 5.92 Å². The number of rotatable bonds is 8. The van der Waals surface area contributed by atoms with Gasteiger partial charge in [-0.3, -0.25) is 9.69 Å². The van der Waals surface area contributed by atoms with Gasteiger partial charge in [0.25, 0.3) is 5.91 Å². The number of likely N-dealkylation sites (tertiary alicyclic amines) is 1. The van der Waals surface area contributed by atoms with Crippen molar-refractivity contribution in [1.29, 1.82) is 5.26 Å². The molecular weight excluding hydrogens is 442 g/mol. The number of carbonyl (C=O) groups is 1. The van der Waals surface area contributed by atoms with Gasteiger partial charge in [0.15, 0.2) is 5.82 Å². The lowest BCUT2D eigenvalue weighted by atomic mass is 9.96. The predicted molar refractivity (Wildman–Crippen MR) is 132 cm³/mol. The van der Waals surface area contributed by atoms with Gasteiger partial charge in [0.1, 0.15) is 17.3 Å². The van der Waals surface area contributed by atoms with Crippen LogP contribution in [0.4, 0.5) is 5.69 Å². The lowest BCUT2D eigenvalue weighted by Gasteiger charge is -2.32. The number of anilines is 1. The molecule has 1 aliphatic heterocycles. The first kappa shape index (κ1) is 24.1. The summed E-state index contributed by atoms with van der Waals surface area (Å²) in [6.07, 6.45) is 5.50. The first-order valence-corrected chi connectivity index (χ1v) is 11.8. The van der Waals surface area contributed by atoms with E-state index in [4.69, 9.17) is 10.5 Å². The Morgan fingerprint density at radius 3 is 2.60 bits per heavy atom. The lowest BCUT2D eigenvalue weighted by molar-refractivity contribution is 0.0929. The van der Waals surface area contributed by atoms with Gasteiger partial charge >= 0.3 is 0 Å². The molecule has 0 spiro atoms. The fourth-order valence-corrected chi connectivity index (χ4v) is 4.15. The number of ether oxygens (including phenoxy) is 1. The summed E-state index contributed by atoms with van der Waals surface area (Å²) < 4.78 is 5.38. The Bertz CT molecular complexity index is 1180. The number of hydrogen-bond acceptors (Lipinski definition) is 8.